The average Bonchev–Trinajstić information content (AvgIpc) is 2.95. The standard InChI is InChI=1S/C29H20Cl2N2O6S/c30-22-7-4-8-23(24(22)31)33-27(35)25(16-5-2-1-3-6-16)40-19-12-10-18(11-13-19)32-26(34)20-14-9-17(28(36)37)15-21(20)29(38)39/h1-15,25H,(H,32,34)(H,33,35)(H,36,37)(H,38,39). The SMILES string of the molecule is O=C(O)c1ccc(C(=O)Nc2ccc(SC(C(=O)Nc3cccc(Cl)c3Cl)c3ccccc3)cc2)c(C(=O)O)c1. The Bertz CT molecular complexity index is 1600. The molecule has 0 radical (unpaired) electrons. The molecule has 1 atom stereocenters. The molecule has 0 spiro atoms. The van der Waals surface area contributed by atoms with Crippen LogP contribution in [0.4, 0.5) is 11.4 Å². The average molecular weight is 595 g/mol. The molecule has 202 valence electrons. The summed E-state index contributed by atoms with van der Waals surface area (Å²) in [6.07, 6.45) is 0. The molecule has 8 nitrogen and oxygen atoms in total. The monoisotopic (exact) mass is 594 g/mol. The van der Waals surface area contributed by atoms with Crippen LogP contribution in [0.1, 0.15) is 41.9 Å². The molecule has 4 rings (SSSR count). The van der Waals surface area contributed by atoms with Crippen LogP contribution in [0.15, 0.2) is 95.9 Å². The van der Waals surface area contributed by atoms with Crippen LogP contribution < -0.4 is 10.6 Å². The number of carbonyl (C=O) groups is 4. The lowest BCUT2D eigenvalue weighted by atomic mass is 10.0. The second kappa shape index (κ2) is 12.7. The van der Waals surface area contributed by atoms with Gasteiger partial charge in [0.25, 0.3) is 5.91 Å². The van der Waals surface area contributed by atoms with Crippen molar-refractivity contribution in [2.24, 2.45) is 0 Å². The predicted molar refractivity (Wildman–Crippen MR) is 155 cm³/mol. The van der Waals surface area contributed by atoms with Gasteiger partial charge in [0.2, 0.25) is 5.91 Å². The second-order valence-electron chi connectivity index (χ2n) is 8.35. The molecule has 1 unspecified atom stereocenters. The van der Waals surface area contributed by atoms with Crippen molar-refractivity contribution >= 4 is 70.1 Å². The number of halogens is 2. The lowest BCUT2D eigenvalue weighted by Gasteiger charge is -2.18. The first kappa shape index (κ1) is 28.7. The van der Waals surface area contributed by atoms with Gasteiger partial charge in [0.1, 0.15) is 5.25 Å². The van der Waals surface area contributed by atoms with Gasteiger partial charge in [0.15, 0.2) is 0 Å². The Kier molecular flexibility index (Phi) is 9.11. The quantitative estimate of drug-likeness (QED) is 0.152. The van der Waals surface area contributed by atoms with Gasteiger partial charge in [-0.05, 0) is 60.2 Å². The van der Waals surface area contributed by atoms with Crippen molar-refractivity contribution in [1.29, 1.82) is 0 Å². The van der Waals surface area contributed by atoms with E-state index in [9.17, 15) is 24.3 Å². The summed E-state index contributed by atoms with van der Waals surface area (Å²) in [6.45, 7) is 0. The summed E-state index contributed by atoms with van der Waals surface area (Å²) in [7, 11) is 0. The summed E-state index contributed by atoms with van der Waals surface area (Å²) >= 11 is 13.6. The molecule has 40 heavy (non-hydrogen) atoms. The van der Waals surface area contributed by atoms with Crippen LogP contribution in [0.5, 0.6) is 0 Å². The highest BCUT2D eigenvalue weighted by molar-refractivity contribution is 8.00. The highest BCUT2D eigenvalue weighted by atomic mass is 35.5. The van der Waals surface area contributed by atoms with Gasteiger partial charge in [0.05, 0.1) is 32.4 Å². The number of rotatable bonds is 9. The van der Waals surface area contributed by atoms with E-state index in [4.69, 9.17) is 28.3 Å². The summed E-state index contributed by atoms with van der Waals surface area (Å²) in [4.78, 5) is 49.6. The molecule has 0 heterocycles. The molecular weight excluding hydrogens is 575 g/mol. The number of carboxylic acids is 2. The third-order valence-corrected chi connectivity index (χ3v) is 7.74. The van der Waals surface area contributed by atoms with Gasteiger partial charge in [-0.1, -0.05) is 59.6 Å². The third-order valence-electron chi connectivity index (χ3n) is 5.66. The Morgan fingerprint density at radius 3 is 2.08 bits per heavy atom. The van der Waals surface area contributed by atoms with E-state index in [2.05, 4.69) is 10.6 Å². The zero-order chi connectivity index (χ0) is 28.8. The Hall–Kier alpha value is -4.31. The molecule has 0 fully saturated rings. The van der Waals surface area contributed by atoms with Gasteiger partial charge in [0, 0.05) is 10.6 Å². The van der Waals surface area contributed by atoms with Gasteiger partial charge < -0.3 is 20.8 Å². The number of aromatic carboxylic acids is 2. The fraction of sp³-hybridized carbons (Fsp3) is 0.0345. The van der Waals surface area contributed by atoms with Gasteiger partial charge >= 0.3 is 11.9 Å². The van der Waals surface area contributed by atoms with Crippen molar-refractivity contribution in [3.63, 3.8) is 0 Å². The summed E-state index contributed by atoms with van der Waals surface area (Å²) in [5.74, 6) is -3.76. The highest BCUT2D eigenvalue weighted by Crippen LogP contribution is 2.38. The maximum atomic E-state index is 13.3. The zero-order valence-electron chi connectivity index (χ0n) is 20.4. The van der Waals surface area contributed by atoms with Crippen LogP contribution >= 0.6 is 35.0 Å². The van der Waals surface area contributed by atoms with Crippen molar-refractivity contribution in [2.45, 2.75) is 10.1 Å². The zero-order valence-corrected chi connectivity index (χ0v) is 22.8. The van der Waals surface area contributed by atoms with Crippen molar-refractivity contribution in [3.05, 3.63) is 123 Å². The Labute approximate surface area is 242 Å². The maximum absolute atomic E-state index is 13.3. The normalized spacial score (nSPS) is 11.3. The van der Waals surface area contributed by atoms with E-state index in [0.717, 1.165) is 28.7 Å². The molecule has 2 amide bonds. The van der Waals surface area contributed by atoms with E-state index in [-0.39, 0.29) is 22.1 Å². The van der Waals surface area contributed by atoms with Crippen molar-refractivity contribution < 1.29 is 29.4 Å². The molecule has 0 saturated carbocycles. The van der Waals surface area contributed by atoms with Crippen LogP contribution in [0.2, 0.25) is 10.0 Å². The van der Waals surface area contributed by atoms with Crippen molar-refractivity contribution in [2.75, 3.05) is 10.6 Å². The lowest BCUT2D eigenvalue weighted by molar-refractivity contribution is -0.115. The van der Waals surface area contributed by atoms with Gasteiger partial charge in [-0.3, -0.25) is 9.59 Å². The minimum atomic E-state index is -1.43. The first-order valence-corrected chi connectivity index (χ1v) is 13.3. The number of nitrogens with one attached hydrogen (secondary N) is 2. The van der Waals surface area contributed by atoms with Crippen molar-refractivity contribution in [3.8, 4) is 0 Å². The fourth-order valence-corrected chi connectivity index (χ4v) is 5.08. The lowest BCUT2D eigenvalue weighted by Crippen LogP contribution is -2.19. The minimum absolute atomic E-state index is 0.184. The van der Waals surface area contributed by atoms with Gasteiger partial charge in [-0.2, -0.15) is 0 Å². The molecule has 0 aliphatic heterocycles. The van der Waals surface area contributed by atoms with E-state index in [0.29, 0.717) is 16.4 Å². The highest BCUT2D eigenvalue weighted by Gasteiger charge is 2.24. The predicted octanol–water partition coefficient (Wildman–Crippen LogP) is 7.11. The molecule has 0 aliphatic rings. The summed E-state index contributed by atoms with van der Waals surface area (Å²) in [6, 6.07) is 24.0. The number of thioether (sulfide) groups is 1. The fourth-order valence-electron chi connectivity index (χ4n) is 3.70. The molecule has 0 aliphatic carbocycles. The summed E-state index contributed by atoms with van der Waals surface area (Å²) in [5, 5.41) is 23.9. The minimum Gasteiger partial charge on any atom is -0.478 e. The Morgan fingerprint density at radius 1 is 0.725 bits per heavy atom. The largest absolute Gasteiger partial charge is 0.478 e. The first-order chi connectivity index (χ1) is 19.1. The third kappa shape index (κ3) is 6.81. The van der Waals surface area contributed by atoms with Crippen LogP contribution in [-0.4, -0.2) is 34.0 Å². The van der Waals surface area contributed by atoms with Gasteiger partial charge in [-0.15, -0.1) is 11.8 Å². The summed E-state index contributed by atoms with van der Waals surface area (Å²) < 4.78 is 0. The van der Waals surface area contributed by atoms with Crippen LogP contribution in [0.3, 0.4) is 0 Å². The number of anilines is 2. The molecule has 0 saturated heterocycles. The van der Waals surface area contributed by atoms with E-state index in [1.54, 1.807) is 42.5 Å². The number of benzene rings is 4. The second-order valence-corrected chi connectivity index (χ2v) is 10.3. The number of hydrogen-bond acceptors (Lipinski definition) is 5. The van der Waals surface area contributed by atoms with E-state index < -0.39 is 28.7 Å². The Morgan fingerprint density at radius 2 is 1.43 bits per heavy atom. The first-order valence-electron chi connectivity index (χ1n) is 11.6. The Balaban J connectivity index is 1.52. The number of carboxylic acid groups (broad SMARTS) is 2. The van der Waals surface area contributed by atoms with Crippen LogP contribution in [-0.2, 0) is 4.79 Å². The number of hydrogen-bond donors (Lipinski definition) is 4. The molecular formula is C29H20Cl2N2O6S. The molecule has 0 aromatic heterocycles. The molecule has 4 aromatic rings. The van der Waals surface area contributed by atoms with Crippen molar-refractivity contribution in [1.82, 2.24) is 0 Å². The smallest absolute Gasteiger partial charge is 0.336 e. The van der Waals surface area contributed by atoms with E-state index in [1.807, 2.05) is 30.3 Å². The molecule has 4 aromatic carbocycles. The van der Waals surface area contributed by atoms with E-state index >= 15 is 0 Å². The molecule has 4 N–H and O–H groups in total. The van der Waals surface area contributed by atoms with Gasteiger partial charge in [-0.25, -0.2) is 9.59 Å². The van der Waals surface area contributed by atoms with Crippen LogP contribution in [0, 0.1) is 0 Å². The number of amides is 2. The topological polar surface area (TPSA) is 133 Å². The maximum Gasteiger partial charge on any atom is 0.336 e. The van der Waals surface area contributed by atoms with E-state index in [1.165, 1.54) is 11.8 Å². The number of carbonyl (C=O) groups excluding carboxylic acids is 2. The molecule has 0 bridgehead atoms. The summed E-state index contributed by atoms with van der Waals surface area (Å²) in [5.41, 5.74) is 0.657. The molecule has 11 heteroatoms. The van der Waals surface area contributed by atoms with Crippen LogP contribution in [0.25, 0.3) is 0 Å².